The maximum Gasteiger partial charge on any atom is 0.257 e. The van der Waals surface area contributed by atoms with Crippen LogP contribution >= 0.6 is 0 Å². The molecule has 0 saturated carbocycles. The van der Waals surface area contributed by atoms with Gasteiger partial charge in [-0.05, 0) is 61.0 Å². The van der Waals surface area contributed by atoms with Gasteiger partial charge in [0.1, 0.15) is 28.7 Å². The molecule has 1 amide bonds. The second-order valence-electron chi connectivity index (χ2n) is 7.47. The van der Waals surface area contributed by atoms with Crippen molar-refractivity contribution in [2.75, 3.05) is 11.6 Å². The number of anilines is 1. The van der Waals surface area contributed by atoms with E-state index in [0.29, 0.717) is 34.9 Å². The standard InChI is InChI=1S/C24H22N2O5S/c1-4-17-13-20-21(30-17)11-16(24(27)26-23-10-5-15(2)14-25-23)12-22(20)31-18-6-8-19(9-7-18)32(3,28)29/h5-14H,4H2,1-3H3,(H,25,26,27). The first-order chi connectivity index (χ1) is 15.2. The van der Waals surface area contributed by atoms with E-state index in [1.165, 1.54) is 12.1 Å². The number of aromatic nitrogens is 1. The van der Waals surface area contributed by atoms with Gasteiger partial charge in [-0.25, -0.2) is 13.4 Å². The van der Waals surface area contributed by atoms with E-state index in [1.54, 1.807) is 36.5 Å². The van der Waals surface area contributed by atoms with E-state index in [2.05, 4.69) is 10.3 Å². The molecule has 0 atom stereocenters. The number of benzene rings is 2. The van der Waals surface area contributed by atoms with Crippen LogP contribution in [0.25, 0.3) is 11.0 Å². The Morgan fingerprint density at radius 3 is 2.47 bits per heavy atom. The Hall–Kier alpha value is -3.65. The van der Waals surface area contributed by atoms with Crippen molar-refractivity contribution in [3.05, 3.63) is 77.7 Å². The molecule has 2 aromatic carbocycles. The summed E-state index contributed by atoms with van der Waals surface area (Å²) >= 11 is 0. The molecule has 4 aromatic rings. The average Bonchev–Trinajstić information content (AvgIpc) is 3.19. The highest BCUT2D eigenvalue weighted by Gasteiger charge is 2.16. The summed E-state index contributed by atoms with van der Waals surface area (Å²) in [6, 6.07) is 14.9. The Balaban J connectivity index is 1.69. The zero-order valence-corrected chi connectivity index (χ0v) is 18.7. The van der Waals surface area contributed by atoms with Crippen molar-refractivity contribution in [2.45, 2.75) is 25.2 Å². The lowest BCUT2D eigenvalue weighted by molar-refractivity contribution is 0.102. The second-order valence-corrected chi connectivity index (χ2v) is 9.49. The number of carbonyl (C=O) groups is 1. The smallest absolute Gasteiger partial charge is 0.257 e. The number of amides is 1. The molecule has 0 aliphatic rings. The minimum absolute atomic E-state index is 0.199. The molecule has 2 aromatic heterocycles. The molecule has 2 heterocycles. The summed E-state index contributed by atoms with van der Waals surface area (Å²) in [4.78, 5) is 17.3. The number of sulfone groups is 1. The van der Waals surface area contributed by atoms with Crippen LogP contribution < -0.4 is 10.1 Å². The van der Waals surface area contributed by atoms with Crippen molar-refractivity contribution < 1.29 is 22.4 Å². The van der Waals surface area contributed by atoms with Crippen molar-refractivity contribution in [3.63, 3.8) is 0 Å². The summed E-state index contributed by atoms with van der Waals surface area (Å²) in [6.45, 7) is 3.89. The predicted molar refractivity (Wildman–Crippen MR) is 122 cm³/mol. The molecule has 1 N–H and O–H groups in total. The van der Waals surface area contributed by atoms with E-state index >= 15 is 0 Å². The molecule has 8 heteroatoms. The highest BCUT2D eigenvalue weighted by Crippen LogP contribution is 2.34. The van der Waals surface area contributed by atoms with Gasteiger partial charge in [0, 0.05) is 24.4 Å². The predicted octanol–water partition coefficient (Wildman–Crippen LogP) is 5.15. The number of hydrogen-bond acceptors (Lipinski definition) is 6. The summed E-state index contributed by atoms with van der Waals surface area (Å²) in [6.07, 6.45) is 3.51. The van der Waals surface area contributed by atoms with E-state index in [1.807, 2.05) is 26.0 Å². The van der Waals surface area contributed by atoms with Gasteiger partial charge < -0.3 is 14.5 Å². The Kier molecular flexibility index (Phi) is 5.71. The Morgan fingerprint density at radius 2 is 1.84 bits per heavy atom. The van der Waals surface area contributed by atoms with E-state index in [4.69, 9.17) is 9.15 Å². The van der Waals surface area contributed by atoms with Crippen LogP contribution in [-0.4, -0.2) is 25.6 Å². The Labute approximate surface area is 186 Å². The summed E-state index contributed by atoms with van der Waals surface area (Å²) in [5.74, 6) is 1.72. The van der Waals surface area contributed by atoms with Crippen LogP contribution in [-0.2, 0) is 16.3 Å². The molecule has 0 fully saturated rings. The van der Waals surface area contributed by atoms with Crippen molar-refractivity contribution >= 4 is 32.5 Å². The van der Waals surface area contributed by atoms with Gasteiger partial charge in [0.25, 0.3) is 5.91 Å². The lowest BCUT2D eigenvalue weighted by Gasteiger charge is -2.10. The van der Waals surface area contributed by atoms with Gasteiger partial charge in [-0.1, -0.05) is 13.0 Å². The number of pyridine rings is 1. The first kappa shape index (κ1) is 21.6. The lowest BCUT2D eigenvalue weighted by atomic mass is 10.1. The first-order valence-electron chi connectivity index (χ1n) is 10.0. The molecule has 0 aliphatic heterocycles. The number of nitrogens with one attached hydrogen (secondary N) is 1. The van der Waals surface area contributed by atoms with Crippen molar-refractivity contribution in [2.24, 2.45) is 0 Å². The van der Waals surface area contributed by atoms with Gasteiger partial charge in [-0.2, -0.15) is 0 Å². The van der Waals surface area contributed by atoms with Crippen molar-refractivity contribution in [1.82, 2.24) is 4.98 Å². The maximum atomic E-state index is 12.9. The number of hydrogen-bond donors (Lipinski definition) is 1. The van der Waals surface area contributed by atoms with Crippen molar-refractivity contribution in [1.29, 1.82) is 0 Å². The molecule has 164 valence electrons. The fraction of sp³-hybridized carbons (Fsp3) is 0.167. The summed E-state index contributed by atoms with van der Waals surface area (Å²) in [5, 5.41) is 3.49. The van der Waals surface area contributed by atoms with Gasteiger partial charge in [0.2, 0.25) is 0 Å². The summed E-state index contributed by atoms with van der Waals surface area (Å²) in [7, 11) is -3.31. The molecule has 7 nitrogen and oxygen atoms in total. The number of ether oxygens (including phenoxy) is 1. The van der Waals surface area contributed by atoms with Gasteiger partial charge in [-0.15, -0.1) is 0 Å². The van der Waals surface area contributed by atoms with E-state index in [-0.39, 0.29) is 10.8 Å². The van der Waals surface area contributed by atoms with Crippen LogP contribution in [0.5, 0.6) is 11.5 Å². The molecule has 0 saturated heterocycles. The number of carbonyl (C=O) groups excluding carboxylic acids is 1. The van der Waals surface area contributed by atoms with Crippen LogP contribution in [0.1, 0.15) is 28.6 Å². The minimum atomic E-state index is -3.31. The van der Waals surface area contributed by atoms with Crippen molar-refractivity contribution in [3.8, 4) is 11.5 Å². The number of aryl methyl sites for hydroxylation is 2. The maximum absolute atomic E-state index is 12.9. The zero-order chi connectivity index (χ0) is 22.9. The van der Waals surface area contributed by atoms with Crippen LogP contribution in [0.2, 0.25) is 0 Å². The second kappa shape index (κ2) is 8.47. The van der Waals surface area contributed by atoms with Gasteiger partial charge in [-0.3, -0.25) is 4.79 Å². The molecule has 0 spiro atoms. The molecular formula is C24H22N2O5S. The van der Waals surface area contributed by atoms with E-state index < -0.39 is 9.84 Å². The third kappa shape index (κ3) is 4.65. The highest BCUT2D eigenvalue weighted by atomic mass is 32.2. The number of nitrogens with zero attached hydrogens (tertiary/aromatic N) is 1. The molecule has 0 aliphatic carbocycles. The highest BCUT2D eigenvalue weighted by molar-refractivity contribution is 7.90. The normalized spacial score (nSPS) is 11.5. The first-order valence-corrected chi connectivity index (χ1v) is 11.9. The molecular weight excluding hydrogens is 428 g/mol. The van der Waals surface area contributed by atoms with Gasteiger partial charge in [0.05, 0.1) is 10.3 Å². The average molecular weight is 451 g/mol. The lowest BCUT2D eigenvalue weighted by Crippen LogP contribution is -2.13. The van der Waals surface area contributed by atoms with Crippen LogP contribution in [0.4, 0.5) is 5.82 Å². The number of rotatable bonds is 6. The monoisotopic (exact) mass is 450 g/mol. The third-order valence-corrected chi connectivity index (χ3v) is 6.02. The van der Waals surface area contributed by atoms with Crippen LogP contribution in [0.15, 0.2) is 70.1 Å². The molecule has 0 unspecified atom stereocenters. The SMILES string of the molecule is CCc1cc2c(Oc3ccc(S(C)(=O)=O)cc3)cc(C(=O)Nc3ccc(C)cn3)cc2o1. The third-order valence-electron chi connectivity index (χ3n) is 4.89. The van der Waals surface area contributed by atoms with Gasteiger partial charge in [0.15, 0.2) is 9.84 Å². The number of fused-ring (bicyclic) bond motifs is 1. The largest absolute Gasteiger partial charge is 0.461 e. The number of furan rings is 1. The fourth-order valence-corrected chi connectivity index (χ4v) is 3.79. The topological polar surface area (TPSA) is 98.5 Å². The van der Waals surface area contributed by atoms with Gasteiger partial charge >= 0.3 is 0 Å². The molecule has 0 radical (unpaired) electrons. The zero-order valence-electron chi connectivity index (χ0n) is 17.9. The molecule has 4 rings (SSSR count). The fourth-order valence-electron chi connectivity index (χ4n) is 3.16. The molecule has 0 bridgehead atoms. The van der Waals surface area contributed by atoms with E-state index in [0.717, 1.165) is 23.0 Å². The van der Waals surface area contributed by atoms with E-state index in [9.17, 15) is 13.2 Å². The Bertz CT molecular complexity index is 1390. The van der Waals surface area contributed by atoms with Crippen LogP contribution in [0, 0.1) is 6.92 Å². The minimum Gasteiger partial charge on any atom is -0.461 e. The molecule has 32 heavy (non-hydrogen) atoms. The summed E-state index contributed by atoms with van der Waals surface area (Å²) < 4.78 is 35.3. The quantitative estimate of drug-likeness (QED) is 0.436. The van der Waals surface area contributed by atoms with Crippen LogP contribution in [0.3, 0.4) is 0 Å². The summed E-state index contributed by atoms with van der Waals surface area (Å²) in [5.41, 5.74) is 1.86. The Morgan fingerprint density at radius 1 is 1.09 bits per heavy atom.